The second-order valence-corrected chi connectivity index (χ2v) is 7.92. The van der Waals surface area contributed by atoms with Crippen molar-refractivity contribution in [1.82, 2.24) is 9.97 Å². The molecule has 0 saturated carbocycles. The Labute approximate surface area is 174 Å². The first-order chi connectivity index (χ1) is 13.9. The molecule has 0 bridgehead atoms. The molecule has 2 aromatic heterocycles. The highest BCUT2D eigenvalue weighted by Crippen LogP contribution is 2.23. The topological polar surface area (TPSA) is 73.3 Å². The number of anilines is 1. The number of ether oxygens (including phenoxy) is 2. The van der Waals surface area contributed by atoms with Crippen molar-refractivity contribution in [3.8, 4) is 11.8 Å². The van der Waals surface area contributed by atoms with E-state index in [1.807, 2.05) is 51.3 Å². The molecule has 3 aromatic rings. The number of pyridine rings is 1. The highest BCUT2D eigenvalue weighted by molar-refractivity contribution is 7.13. The average Bonchev–Trinajstić information content (AvgIpc) is 3.06. The van der Waals surface area contributed by atoms with Gasteiger partial charge in [0.25, 0.3) is 5.91 Å². The number of benzene rings is 1. The quantitative estimate of drug-likeness (QED) is 0.571. The fourth-order valence-corrected chi connectivity index (χ4v) is 3.43. The number of hydrogen-bond acceptors (Lipinski definition) is 6. The molecular weight excluding hydrogens is 386 g/mol. The molecule has 3 rings (SSSR count). The van der Waals surface area contributed by atoms with Crippen molar-refractivity contribution in [3.05, 3.63) is 64.7 Å². The molecule has 0 fully saturated rings. The van der Waals surface area contributed by atoms with Crippen LogP contribution in [0.5, 0.6) is 11.8 Å². The zero-order valence-corrected chi connectivity index (χ0v) is 17.8. The molecule has 1 atom stereocenters. The number of aryl methyl sites for hydroxylation is 1. The number of hydrogen-bond donors (Lipinski definition) is 1. The van der Waals surface area contributed by atoms with Gasteiger partial charge >= 0.3 is 0 Å². The van der Waals surface area contributed by atoms with Crippen LogP contribution in [0.4, 0.5) is 5.13 Å². The van der Waals surface area contributed by atoms with Gasteiger partial charge in [-0.1, -0.05) is 30.3 Å². The summed E-state index contributed by atoms with van der Waals surface area (Å²) in [5, 5.41) is 5.25. The molecule has 29 heavy (non-hydrogen) atoms. The molecule has 0 aliphatic rings. The zero-order chi connectivity index (χ0) is 20.8. The number of amides is 1. The maximum atomic E-state index is 12.7. The molecule has 152 valence electrons. The Morgan fingerprint density at radius 1 is 1.07 bits per heavy atom. The molecule has 0 aliphatic heterocycles. The fraction of sp³-hybridized carbons (Fsp3) is 0.318. The second-order valence-electron chi connectivity index (χ2n) is 7.07. The highest BCUT2D eigenvalue weighted by atomic mass is 32.1. The lowest BCUT2D eigenvalue weighted by molar-refractivity contribution is 0.102. The lowest BCUT2D eigenvalue weighted by Crippen LogP contribution is -2.18. The Bertz CT molecular complexity index is 957. The highest BCUT2D eigenvalue weighted by Gasteiger charge is 2.16. The monoisotopic (exact) mass is 411 g/mol. The van der Waals surface area contributed by atoms with Crippen molar-refractivity contribution in [2.45, 2.75) is 46.3 Å². The van der Waals surface area contributed by atoms with Gasteiger partial charge in [-0.05, 0) is 33.3 Å². The SMILES string of the molecule is Cc1csc(NC(=O)c2cc(OC(C)C)nc(O[C@@H](C)Cc3ccccc3)c2)n1. The number of carbonyl (C=O) groups is 1. The van der Waals surface area contributed by atoms with Gasteiger partial charge in [0.2, 0.25) is 11.8 Å². The summed E-state index contributed by atoms with van der Waals surface area (Å²) in [7, 11) is 0. The number of carbonyl (C=O) groups excluding carboxylic acids is 1. The van der Waals surface area contributed by atoms with Crippen LogP contribution in [0.3, 0.4) is 0 Å². The number of rotatable bonds is 8. The van der Waals surface area contributed by atoms with E-state index in [0.29, 0.717) is 22.5 Å². The van der Waals surface area contributed by atoms with Gasteiger partial charge in [-0.15, -0.1) is 11.3 Å². The first-order valence-electron chi connectivity index (χ1n) is 9.52. The summed E-state index contributed by atoms with van der Waals surface area (Å²) < 4.78 is 11.7. The molecule has 0 unspecified atom stereocenters. The molecule has 6 nitrogen and oxygen atoms in total. The molecule has 0 aliphatic carbocycles. The normalized spacial score (nSPS) is 11.9. The maximum absolute atomic E-state index is 12.7. The third kappa shape index (κ3) is 6.29. The van der Waals surface area contributed by atoms with Crippen LogP contribution >= 0.6 is 11.3 Å². The van der Waals surface area contributed by atoms with Crippen LogP contribution < -0.4 is 14.8 Å². The predicted molar refractivity (Wildman–Crippen MR) is 115 cm³/mol. The van der Waals surface area contributed by atoms with Crippen LogP contribution in [0.25, 0.3) is 0 Å². The first kappa shape index (κ1) is 20.8. The summed E-state index contributed by atoms with van der Waals surface area (Å²) in [6, 6.07) is 13.3. The van der Waals surface area contributed by atoms with E-state index in [4.69, 9.17) is 9.47 Å². The number of nitrogens with zero attached hydrogens (tertiary/aromatic N) is 2. The minimum Gasteiger partial charge on any atom is -0.475 e. The van der Waals surface area contributed by atoms with Crippen molar-refractivity contribution < 1.29 is 14.3 Å². The summed E-state index contributed by atoms with van der Waals surface area (Å²) in [6.45, 7) is 7.67. The largest absolute Gasteiger partial charge is 0.475 e. The van der Waals surface area contributed by atoms with Gasteiger partial charge in [-0.3, -0.25) is 10.1 Å². The van der Waals surface area contributed by atoms with Crippen LogP contribution in [0.15, 0.2) is 47.8 Å². The average molecular weight is 412 g/mol. The standard InChI is InChI=1S/C22H25N3O3S/c1-14(2)27-19-11-18(21(26)25-22-23-15(3)13-29-22)12-20(24-19)28-16(4)10-17-8-6-5-7-9-17/h5-9,11-14,16H,10H2,1-4H3,(H,23,25,26)/t16-/m0/s1. The first-order valence-corrected chi connectivity index (χ1v) is 10.4. The summed E-state index contributed by atoms with van der Waals surface area (Å²) in [6.07, 6.45) is 0.547. The van der Waals surface area contributed by atoms with Gasteiger partial charge in [0, 0.05) is 23.9 Å². The van der Waals surface area contributed by atoms with Crippen LogP contribution in [0.1, 0.15) is 42.4 Å². The number of nitrogens with one attached hydrogen (secondary N) is 1. The minimum atomic E-state index is -0.282. The van der Waals surface area contributed by atoms with Crippen molar-refractivity contribution in [1.29, 1.82) is 0 Å². The summed E-state index contributed by atoms with van der Waals surface area (Å²) in [5.41, 5.74) is 2.44. The number of thiazole rings is 1. The molecule has 0 saturated heterocycles. The minimum absolute atomic E-state index is 0.0722. The van der Waals surface area contributed by atoms with E-state index in [1.165, 1.54) is 16.9 Å². The van der Waals surface area contributed by atoms with Gasteiger partial charge < -0.3 is 9.47 Å². The Kier molecular flexibility index (Phi) is 6.82. The van der Waals surface area contributed by atoms with E-state index >= 15 is 0 Å². The molecular formula is C22H25N3O3S. The molecule has 7 heteroatoms. The third-order valence-corrected chi connectivity index (χ3v) is 4.80. The predicted octanol–water partition coefficient (Wildman–Crippen LogP) is 4.90. The molecule has 0 spiro atoms. The van der Waals surface area contributed by atoms with Gasteiger partial charge in [-0.25, -0.2) is 4.98 Å². The lowest BCUT2D eigenvalue weighted by atomic mass is 10.1. The molecule has 1 amide bonds. The van der Waals surface area contributed by atoms with Crippen LogP contribution in [0.2, 0.25) is 0 Å². The lowest BCUT2D eigenvalue weighted by Gasteiger charge is -2.16. The van der Waals surface area contributed by atoms with E-state index in [-0.39, 0.29) is 18.1 Å². The van der Waals surface area contributed by atoms with E-state index in [0.717, 1.165) is 12.1 Å². The smallest absolute Gasteiger partial charge is 0.257 e. The Balaban J connectivity index is 1.78. The van der Waals surface area contributed by atoms with Gasteiger partial charge in [0.15, 0.2) is 5.13 Å². The van der Waals surface area contributed by atoms with Crippen molar-refractivity contribution in [3.63, 3.8) is 0 Å². The Hall–Kier alpha value is -2.93. The summed E-state index contributed by atoms with van der Waals surface area (Å²) in [4.78, 5) is 21.4. The molecule has 2 heterocycles. The van der Waals surface area contributed by atoms with Gasteiger partial charge in [0.1, 0.15) is 6.10 Å². The van der Waals surface area contributed by atoms with E-state index in [1.54, 1.807) is 12.1 Å². The van der Waals surface area contributed by atoms with E-state index in [9.17, 15) is 4.79 Å². The van der Waals surface area contributed by atoms with Crippen LogP contribution in [-0.4, -0.2) is 28.1 Å². The number of aromatic nitrogens is 2. The Morgan fingerprint density at radius 3 is 2.38 bits per heavy atom. The third-order valence-electron chi connectivity index (χ3n) is 3.92. The maximum Gasteiger partial charge on any atom is 0.257 e. The molecule has 1 N–H and O–H groups in total. The van der Waals surface area contributed by atoms with Crippen LogP contribution in [0, 0.1) is 6.92 Å². The Morgan fingerprint density at radius 2 is 1.76 bits per heavy atom. The van der Waals surface area contributed by atoms with Gasteiger partial charge in [-0.2, -0.15) is 4.98 Å². The van der Waals surface area contributed by atoms with Crippen LogP contribution in [-0.2, 0) is 6.42 Å². The van der Waals surface area contributed by atoms with Gasteiger partial charge in [0.05, 0.1) is 17.4 Å². The summed E-state index contributed by atoms with van der Waals surface area (Å²) >= 11 is 1.38. The van der Waals surface area contributed by atoms with Crippen molar-refractivity contribution >= 4 is 22.4 Å². The molecule has 0 radical (unpaired) electrons. The fourth-order valence-electron chi connectivity index (χ4n) is 2.75. The van der Waals surface area contributed by atoms with E-state index < -0.39 is 0 Å². The van der Waals surface area contributed by atoms with Crippen molar-refractivity contribution in [2.24, 2.45) is 0 Å². The second kappa shape index (κ2) is 9.52. The molecule has 1 aromatic carbocycles. The van der Waals surface area contributed by atoms with Crippen molar-refractivity contribution in [2.75, 3.05) is 5.32 Å². The summed E-state index contributed by atoms with van der Waals surface area (Å²) in [5.74, 6) is 0.424. The van der Waals surface area contributed by atoms with E-state index in [2.05, 4.69) is 27.4 Å². The zero-order valence-electron chi connectivity index (χ0n) is 17.0.